The van der Waals surface area contributed by atoms with E-state index in [2.05, 4.69) is 20.5 Å². The van der Waals surface area contributed by atoms with Gasteiger partial charge in [0.15, 0.2) is 0 Å². The van der Waals surface area contributed by atoms with Gasteiger partial charge in [-0.15, -0.1) is 0 Å². The molecule has 1 amide bonds. The molecule has 2 aromatic heterocycles. The second-order valence-corrected chi connectivity index (χ2v) is 7.61. The minimum absolute atomic E-state index is 0.197. The number of carbonyl (C=O) groups excluding carboxylic acids is 1. The van der Waals surface area contributed by atoms with Crippen LogP contribution in [0, 0.1) is 5.82 Å². The van der Waals surface area contributed by atoms with Crippen molar-refractivity contribution in [2.24, 2.45) is 0 Å². The predicted octanol–water partition coefficient (Wildman–Crippen LogP) is 3.80. The third-order valence-corrected chi connectivity index (χ3v) is 5.33. The first-order chi connectivity index (χ1) is 15.2. The Labute approximate surface area is 181 Å². The average molecular weight is 420 g/mol. The van der Waals surface area contributed by atoms with Gasteiger partial charge in [-0.1, -0.05) is 18.2 Å². The highest BCUT2D eigenvalue weighted by molar-refractivity contribution is 5.99. The standard InChI is InChI=1S/C24H26FN5O/c25-20-7-3-5-18(15-20)10-12-27-23-21(8-9-22(29-23)30-13-1-2-14-30)24(31)28-17-19-6-4-11-26-16-19/h3-9,11,15-16H,1-2,10,12-14,17H2,(H,27,29)(H,28,31). The fourth-order valence-electron chi connectivity index (χ4n) is 3.69. The Bertz CT molecular complexity index is 1020. The highest BCUT2D eigenvalue weighted by Gasteiger charge is 2.18. The van der Waals surface area contributed by atoms with Gasteiger partial charge in [-0.3, -0.25) is 9.78 Å². The van der Waals surface area contributed by atoms with E-state index in [-0.39, 0.29) is 11.7 Å². The van der Waals surface area contributed by atoms with Crippen LogP contribution in [0.15, 0.2) is 60.9 Å². The average Bonchev–Trinajstić information content (AvgIpc) is 3.33. The molecule has 0 bridgehead atoms. The van der Waals surface area contributed by atoms with Crippen LogP contribution in [0.2, 0.25) is 0 Å². The highest BCUT2D eigenvalue weighted by Crippen LogP contribution is 2.23. The number of rotatable bonds is 8. The van der Waals surface area contributed by atoms with E-state index in [0.29, 0.717) is 30.9 Å². The summed E-state index contributed by atoms with van der Waals surface area (Å²) in [7, 11) is 0. The summed E-state index contributed by atoms with van der Waals surface area (Å²) < 4.78 is 13.4. The third-order valence-electron chi connectivity index (χ3n) is 5.33. The number of halogens is 1. The van der Waals surface area contributed by atoms with Gasteiger partial charge in [0, 0.05) is 38.6 Å². The maximum atomic E-state index is 13.4. The summed E-state index contributed by atoms with van der Waals surface area (Å²) in [5, 5.41) is 6.23. The molecule has 1 aliphatic heterocycles. The Balaban J connectivity index is 1.48. The number of benzene rings is 1. The first-order valence-corrected chi connectivity index (χ1v) is 10.6. The molecule has 3 heterocycles. The number of anilines is 2. The Kier molecular flexibility index (Phi) is 6.72. The van der Waals surface area contributed by atoms with E-state index < -0.39 is 0 Å². The number of amides is 1. The van der Waals surface area contributed by atoms with Crippen LogP contribution >= 0.6 is 0 Å². The summed E-state index contributed by atoms with van der Waals surface area (Å²) >= 11 is 0. The van der Waals surface area contributed by atoms with E-state index in [0.717, 1.165) is 42.9 Å². The zero-order chi connectivity index (χ0) is 21.5. The van der Waals surface area contributed by atoms with Gasteiger partial charge >= 0.3 is 0 Å². The highest BCUT2D eigenvalue weighted by atomic mass is 19.1. The fraction of sp³-hybridized carbons (Fsp3) is 0.292. The smallest absolute Gasteiger partial charge is 0.255 e. The molecule has 0 unspecified atom stereocenters. The minimum atomic E-state index is -0.248. The summed E-state index contributed by atoms with van der Waals surface area (Å²) in [4.78, 5) is 23.9. The van der Waals surface area contributed by atoms with Gasteiger partial charge in [0.1, 0.15) is 17.5 Å². The molecule has 0 saturated carbocycles. The Morgan fingerprint density at radius 2 is 1.90 bits per heavy atom. The van der Waals surface area contributed by atoms with E-state index >= 15 is 0 Å². The largest absolute Gasteiger partial charge is 0.369 e. The van der Waals surface area contributed by atoms with Crippen molar-refractivity contribution in [3.05, 3.63) is 83.4 Å². The summed E-state index contributed by atoms with van der Waals surface area (Å²) in [6.45, 7) is 2.89. The zero-order valence-electron chi connectivity index (χ0n) is 17.4. The summed E-state index contributed by atoms with van der Waals surface area (Å²) in [5.41, 5.74) is 2.31. The van der Waals surface area contributed by atoms with Crippen LogP contribution in [0.1, 0.15) is 34.3 Å². The molecule has 4 rings (SSSR count). The van der Waals surface area contributed by atoms with Gasteiger partial charge in [-0.2, -0.15) is 0 Å². The number of hydrogen-bond donors (Lipinski definition) is 2. The molecular weight excluding hydrogens is 393 g/mol. The van der Waals surface area contributed by atoms with Gasteiger partial charge in [0.2, 0.25) is 0 Å². The normalized spacial score (nSPS) is 13.3. The first kappa shape index (κ1) is 20.8. The lowest BCUT2D eigenvalue weighted by molar-refractivity contribution is 0.0951. The van der Waals surface area contributed by atoms with Gasteiger partial charge < -0.3 is 15.5 Å². The SMILES string of the molecule is O=C(NCc1cccnc1)c1ccc(N2CCCC2)nc1NCCc1cccc(F)c1. The zero-order valence-corrected chi connectivity index (χ0v) is 17.4. The van der Waals surface area contributed by atoms with Crippen LogP contribution in [-0.4, -0.2) is 35.5 Å². The van der Waals surface area contributed by atoms with Crippen LogP contribution < -0.4 is 15.5 Å². The molecule has 2 N–H and O–H groups in total. The van der Waals surface area contributed by atoms with Crippen molar-refractivity contribution >= 4 is 17.5 Å². The molecule has 0 radical (unpaired) electrons. The summed E-state index contributed by atoms with van der Waals surface area (Å²) in [6, 6.07) is 14.0. The molecule has 1 aliphatic rings. The molecule has 0 atom stereocenters. The Hall–Kier alpha value is -3.48. The van der Waals surface area contributed by atoms with Crippen molar-refractivity contribution in [1.29, 1.82) is 0 Å². The van der Waals surface area contributed by atoms with E-state index in [4.69, 9.17) is 4.98 Å². The monoisotopic (exact) mass is 419 g/mol. The third kappa shape index (κ3) is 5.57. The summed E-state index contributed by atoms with van der Waals surface area (Å²) in [5.74, 6) is 0.971. The van der Waals surface area contributed by atoms with Crippen LogP contribution in [-0.2, 0) is 13.0 Å². The molecule has 6 nitrogen and oxygen atoms in total. The van der Waals surface area contributed by atoms with Crippen molar-refractivity contribution in [3.63, 3.8) is 0 Å². The van der Waals surface area contributed by atoms with Crippen molar-refractivity contribution < 1.29 is 9.18 Å². The first-order valence-electron chi connectivity index (χ1n) is 10.6. The topological polar surface area (TPSA) is 70.2 Å². The van der Waals surface area contributed by atoms with Gasteiger partial charge in [-0.25, -0.2) is 9.37 Å². The van der Waals surface area contributed by atoms with Gasteiger partial charge in [0.05, 0.1) is 5.56 Å². The molecule has 1 aromatic carbocycles. The van der Waals surface area contributed by atoms with Crippen LogP contribution in [0.4, 0.5) is 16.0 Å². The maximum Gasteiger partial charge on any atom is 0.255 e. The number of aromatic nitrogens is 2. The van der Waals surface area contributed by atoms with Crippen molar-refractivity contribution in [2.75, 3.05) is 29.9 Å². The number of hydrogen-bond acceptors (Lipinski definition) is 5. The van der Waals surface area contributed by atoms with Crippen molar-refractivity contribution in [2.45, 2.75) is 25.8 Å². The van der Waals surface area contributed by atoms with Crippen molar-refractivity contribution in [1.82, 2.24) is 15.3 Å². The number of nitrogens with zero attached hydrogens (tertiary/aromatic N) is 3. The van der Waals surface area contributed by atoms with Crippen molar-refractivity contribution in [3.8, 4) is 0 Å². The predicted molar refractivity (Wildman–Crippen MR) is 120 cm³/mol. The van der Waals surface area contributed by atoms with E-state index in [1.807, 2.05) is 30.3 Å². The molecule has 31 heavy (non-hydrogen) atoms. The number of carbonyl (C=O) groups is 1. The molecule has 7 heteroatoms. The van der Waals surface area contributed by atoms with E-state index in [1.165, 1.54) is 12.1 Å². The molecule has 160 valence electrons. The van der Waals surface area contributed by atoms with E-state index in [1.54, 1.807) is 18.5 Å². The lowest BCUT2D eigenvalue weighted by Gasteiger charge is -2.19. The number of pyridine rings is 2. The maximum absolute atomic E-state index is 13.4. The minimum Gasteiger partial charge on any atom is -0.369 e. The Morgan fingerprint density at radius 3 is 2.68 bits per heavy atom. The molecular formula is C24H26FN5O. The molecule has 1 saturated heterocycles. The summed E-state index contributed by atoms with van der Waals surface area (Å²) in [6.07, 6.45) is 6.36. The quantitative estimate of drug-likeness (QED) is 0.581. The van der Waals surface area contributed by atoms with E-state index in [9.17, 15) is 9.18 Å². The van der Waals surface area contributed by atoms with Gasteiger partial charge in [-0.05, 0) is 60.7 Å². The molecule has 1 fully saturated rings. The van der Waals surface area contributed by atoms with Gasteiger partial charge in [0.25, 0.3) is 5.91 Å². The lowest BCUT2D eigenvalue weighted by atomic mass is 10.1. The van der Waals surface area contributed by atoms with Crippen LogP contribution in [0.5, 0.6) is 0 Å². The van der Waals surface area contributed by atoms with Crippen LogP contribution in [0.3, 0.4) is 0 Å². The molecule has 0 spiro atoms. The fourth-order valence-corrected chi connectivity index (χ4v) is 3.69. The Morgan fingerprint density at radius 1 is 1.06 bits per heavy atom. The molecule has 3 aromatic rings. The second kappa shape index (κ2) is 10.0. The van der Waals surface area contributed by atoms with Crippen LogP contribution in [0.25, 0.3) is 0 Å². The number of nitrogens with one attached hydrogen (secondary N) is 2. The molecule has 0 aliphatic carbocycles. The lowest BCUT2D eigenvalue weighted by Crippen LogP contribution is -2.26. The second-order valence-electron chi connectivity index (χ2n) is 7.61.